The van der Waals surface area contributed by atoms with Crippen molar-refractivity contribution in [2.45, 2.75) is 104 Å². The predicted octanol–water partition coefficient (Wildman–Crippen LogP) is 15.7. The highest BCUT2D eigenvalue weighted by Crippen LogP contribution is 2.45. The molecule has 2 aromatic heterocycles. The Morgan fingerprint density at radius 2 is 1.00 bits per heavy atom. The van der Waals surface area contributed by atoms with Crippen LogP contribution in [0.1, 0.15) is 124 Å². The molecule has 0 fully saturated rings. The number of thiophene rings is 1. The Kier molecular flexibility index (Phi) is 12.2. The molecule has 2 heteroatoms. The van der Waals surface area contributed by atoms with Crippen molar-refractivity contribution < 1.29 is 4.42 Å². The molecule has 56 heavy (non-hydrogen) atoms. The first-order valence-electron chi connectivity index (χ1n) is 21.1. The second-order valence-corrected chi connectivity index (χ2v) is 16.5. The smallest absolute Gasteiger partial charge is 0.144 e. The number of rotatable bonds is 14. The average Bonchev–Trinajstić information content (AvgIpc) is 3.82. The molecule has 0 bridgehead atoms. The highest BCUT2D eigenvalue weighted by molar-refractivity contribution is 7.26. The van der Waals surface area contributed by atoms with Crippen LogP contribution in [0.25, 0.3) is 52.9 Å². The third-order valence-corrected chi connectivity index (χ3v) is 12.5. The van der Waals surface area contributed by atoms with Crippen LogP contribution in [0.2, 0.25) is 0 Å². The second kappa shape index (κ2) is 18.1. The molecule has 0 amide bonds. The first-order chi connectivity index (χ1) is 27.7. The quantitative estimate of drug-likeness (QED) is 0.0797. The van der Waals surface area contributed by atoms with E-state index in [4.69, 9.17) is 4.42 Å². The molecule has 0 atom stereocenters. The Labute approximate surface area is 337 Å². The van der Waals surface area contributed by atoms with Gasteiger partial charge in [-0.3, -0.25) is 0 Å². The van der Waals surface area contributed by atoms with E-state index in [1.165, 1.54) is 114 Å². The van der Waals surface area contributed by atoms with Crippen LogP contribution >= 0.6 is 11.3 Å². The van der Waals surface area contributed by atoms with Gasteiger partial charge in [-0.25, -0.2) is 0 Å². The Bertz CT molecular complexity index is 2530. The van der Waals surface area contributed by atoms with Crippen LogP contribution in [0, 0.1) is 23.7 Å². The summed E-state index contributed by atoms with van der Waals surface area (Å²) in [6.07, 6.45) is 17.8. The van der Waals surface area contributed by atoms with Crippen LogP contribution in [0.3, 0.4) is 0 Å². The number of aryl methyl sites for hydroxylation is 2. The molecule has 6 aromatic carbocycles. The maximum atomic E-state index is 6.99. The molecule has 0 spiro atoms. The first kappa shape index (κ1) is 37.6. The molecule has 0 aliphatic heterocycles. The average molecular weight is 749 g/mol. The number of benzene rings is 6. The number of furan rings is 1. The van der Waals surface area contributed by atoms with Gasteiger partial charge in [0.2, 0.25) is 0 Å². The summed E-state index contributed by atoms with van der Waals surface area (Å²) in [6, 6.07) is 39.3. The van der Waals surface area contributed by atoms with Crippen molar-refractivity contribution in [2.24, 2.45) is 0 Å². The minimum atomic E-state index is 0.900. The Morgan fingerprint density at radius 1 is 0.464 bits per heavy atom. The van der Waals surface area contributed by atoms with Crippen molar-refractivity contribution in [2.75, 3.05) is 0 Å². The molecule has 280 valence electrons. The van der Waals surface area contributed by atoms with Gasteiger partial charge in [0.15, 0.2) is 0 Å². The van der Waals surface area contributed by atoms with Crippen molar-refractivity contribution in [1.82, 2.24) is 0 Å². The van der Waals surface area contributed by atoms with Crippen LogP contribution in [-0.2, 0) is 12.8 Å². The number of fused-ring (bicyclic) bond motifs is 9. The zero-order valence-electron chi connectivity index (χ0n) is 33.1. The summed E-state index contributed by atoms with van der Waals surface area (Å²) in [5.74, 6) is 14.3. The molecule has 1 nitrogen and oxygen atoms in total. The molecule has 0 unspecified atom stereocenters. The minimum Gasteiger partial charge on any atom is -0.455 e. The van der Waals surface area contributed by atoms with Gasteiger partial charge in [-0.15, -0.1) is 11.3 Å². The van der Waals surface area contributed by atoms with Crippen molar-refractivity contribution in [3.63, 3.8) is 0 Å². The van der Waals surface area contributed by atoms with Gasteiger partial charge in [-0.2, -0.15) is 0 Å². The summed E-state index contributed by atoms with van der Waals surface area (Å²) in [6.45, 7) is 4.56. The van der Waals surface area contributed by atoms with E-state index in [2.05, 4.69) is 135 Å². The zero-order valence-corrected chi connectivity index (χ0v) is 33.9. The van der Waals surface area contributed by atoms with Crippen LogP contribution < -0.4 is 0 Å². The monoisotopic (exact) mass is 748 g/mol. The van der Waals surface area contributed by atoms with Gasteiger partial charge in [-0.1, -0.05) is 162 Å². The van der Waals surface area contributed by atoms with Gasteiger partial charge in [0.05, 0.1) is 0 Å². The Morgan fingerprint density at radius 3 is 1.62 bits per heavy atom. The second-order valence-electron chi connectivity index (χ2n) is 15.5. The summed E-state index contributed by atoms with van der Waals surface area (Å²) in [4.78, 5) is 0. The SMILES string of the molecule is CCCCCCCCc1ccc2c(c1)oc1c3cc(C#Cc4ccccc4)c4c5ccc(CCCCCCCC)cc5sc4c3cc(C#Cc3ccccc3)c21. The van der Waals surface area contributed by atoms with Gasteiger partial charge < -0.3 is 4.42 Å². The van der Waals surface area contributed by atoms with Gasteiger partial charge in [0.1, 0.15) is 11.2 Å². The lowest BCUT2D eigenvalue weighted by Gasteiger charge is -2.07. The van der Waals surface area contributed by atoms with Gasteiger partial charge in [-0.05, 0) is 85.3 Å². The fourth-order valence-corrected chi connectivity index (χ4v) is 9.52. The van der Waals surface area contributed by atoms with Crippen LogP contribution in [0.4, 0.5) is 0 Å². The van der Waals surface area contributed by atoms with Crippen LogP contribution in [0.5, 0.6) is 0 Å². The van der Waals surface area contributed by atoms with Crippen LogP contribution in [0.15, 0.2) is 114 Å². The van der Waals surface area contributed by atoms with Crippen molar-refractivity contribution in [3.05, 3.63) is 143 Å². The van der Waals surface area contributed by atoms with E-state index >= 15 is 0 Å². The van der Waals surface area contributed by atoms with E-state index in [0.29, 0.717) is 0 Å². The largest absolute Gasteiger partial charge is 0.455 e. The Hall–Kier alpha value is -5.28. The summed E-state index contributed by atoms with van der Waals surface area (Å²) in [5, 5.41) is 7.00. The summed E-state index contributed by atoms with van der Waals surface area (Å²) >= 11 is 1.89. The van der Waals surface area contributed by atoms with Crippen molar-refractivity contribution in [3.8, 4) is 23.7 Å². The van der Waals surface area contributed by atoms with Crippen LogP contribution in [-0.4, -0.2) is 0 Å². The molecule has 0 saturated carbocycles. The van der Waals surface area contributed by atoms with Crippen molar-refractivity contribution in [1.29, 1.82) is 0 Å². The maximum absolute atomic E-state index is 6.99. The van der Waals surface area contributed by atoms with E-state index in [0.717, 1.165) is 62.4 Å². The third-order valence-electron chi connectivity index (χ3n) is 11.3. The number of hydrogen-bond donors (Lipinski definition) is 0. The highest BCUT2D eigenvalue weighted by Gasteiger charge is 2.20. The normalized spacial score (nSPS) is 11.4. The zero-order chi connectivity index (χ0) is 38.1. The Balaban J connectivity index is 1.29. The summed E-state index contributed by atoms with van der Waals surface area (Å²) < 4.78 is 9.56. The van der Waals surface area contributed by atoms with Gasteiger partial charge in [0, 0.05) is 64.0 Å². The molecular formula is C54H52OS. The molecule has 0 N–H and O–H groups in total. The van der Waals surface area contributed by atoms with E-state index in [1.807, 2.05) is 23.5 Å². The molecule has 2 heterocycles. The number of unbranched alkanes of at least 4 members (excludes halogenated alkanes) is 10. The fourth-order valence-electron chi connectivity index (χ4n) is 8.21. The lowest BCUT2D eigenvalue weighted by atomic mass is 9.95. The lowest BCUT2D eigenvalue weighted by molar-refractivity contribution is 0.607. The molecule has 0 radical (unpaired) electrons. The standard InChI is InChI=1S/C54H52OS/c1-3-5-7-9-11-15-25-41-29-33-45-49(35-41)55-53-47-37-44(32-28-40-23-19-14-20-24-40)52-46-34-30-42(26-16-12-10-8-6-4-2)36-50(46)56-54(52)48(47)38-43(51(45)53)31-27-39-21-17-13-18-22-39/h13-14,17-24,29-30,33-38H,3-12,15-16,25-26H2,1-2H3. The molecule has 8 rings (SSSR count). The number of hydrogen-bond acceptors (Lipinski definition) is 2. The summed E-state index contributed by atoms with van der Waals surface area (Å²) in [5.41, 5.74) is 8.66. The minimum absolute atomic E-state index is 0.900. The molecule has 0 saturated heterocycles. The molecule has 0 aliphatic carbocycles. The predicted molar refractivity (Wildman–Crippen MR) is 243 cm³/mol. The van der Waals surface area contributed by atoms with Crippen molar-refractivity contribution >= 4 is 64.2 Å². The van der Waals surface area contributed by atoms with Gasteiger partial charge >= 0.3 is 0 Å². The lowest BCUT2D eigenvalue weighted by Crippen LogP contribution is -1.87. The fraction of sp³-hybridized carbons (Fsp3) is 0.296. The van der Waals surface area contributed by atoms with E-state index in [9.17, 15) is 0 Å². The van der Waals surface area contributed by atoms with E-state index in [1.54, 1.807) is 0 Å². The topological polar surface area (TPSA) is 13.1 Å². The van der Waals surface area contributed by atoms with E-state index in [-0.39, 0.29) is 0 Å². The van der Waals surface area contributed by atoms with E-state index < -0.39 is 0 Å². The summed E-state index contributed by atoms with van der Waals surface area (Å²) in [7, 11) is 0. The maximum Gasteiger partial charge on any atom is 0.144 e. The first-order valence-corrected chi connectivity index (χ1v) is 22.0. The molecule has 8 aromatic rings. The molecular weight excluding hydrogens is 697 g/mol. The van der Waals surface area contributed by atoms with Gasteiger partial charge in [0.25, 0.3) is 0 Å². The molecule has 0 aliphatic rings. The highest BCUT2D eigenvalue weighted by atomic mass is 32.1. The third kappa shape index (κ3) is 8.43.